The molecule has 1 fully saturated rings. The van der Waals surface area contributed by atoms with Crippen LogP contribution in [0.4, 0.5) is 11.4 Å². The average molecular weight is 453 g/mol. The third-order valence-electron chi connectivity index (χ3n) is 4.31. The third kappa shape index (κ3) is 6.52. The maximum Gasteiger partial charge on any atom is 0.271 e. The van der Waals surface area contributed by atoms with Gasteiger partial charge in [0.1, 0.15) is 4.21 Å². The highest BCUT2D eigenvalue weighted by molar-refractivity contribution is 7.94. The number of carbonyl (C=O) groups excluding carboxylic acids is 2. The summed E-state index contributed by atoms with van der Waals surface area (Å²) >= 11 is 1.09. The lowest BCUT2D eigenvalue weighted by Crippen LogP contribution is -2.41. The number of hydrogen-bond acceptors (Lipinski definition) is 7. The fourth-order valence-electron chi connectivity index (χ4n) is 2.80. The van der Waals surface area contributed by atoms with Gasteiger partial charge in [-0.2, -0.15) is 0 Å². The summed E-state index contributed by atoms with van der Waals surface area (Å²) in [6.07, 6.45) is 0. The lowest BCUT2D eigenvalue weighted by atomic mass is 10.3. The number of thiophene rings is 1. The van der Waals surface area contributed by atoms with Gasteiger partial charge < -0.3 is 15.4 Å². The minimum Gasteiger partial charge on any atom is -0.379 e. The van der Waals surface area contributed by atoms with Gasteiger partial charge in [-0.3, -0.25) is 19.2 Å². The van der Waals surface area contributed by atoms with Crippen LogP contribution in [0.25, 0.3) is 0 Å². The van der Waals surface area contributed by atoms with Crippen molar-refractivity contribution in [3.05, 3.63) is 41.3 Å². The van der Waals surface area contributed by atoms with Crippen molar-refractivity contribution in [2.75, 3.05) is 42.9 Å². The van der Waals surface area contributed by atoms with Crippen molar-refractivity contribution in [2.24, 2.45) is 0 Å². The highest BCUT2D eigenvalue weighted by atomic mass is 32.2. The molecular formula is C19H24N4O5S2. The Kier molecular flexibility index (Phi) is 7.43. The molecule has 30 heavy (non-hydrogen) atoms. The molecule has 0 bridgehead atoms. The first-order valence-electron chi connectivity index (χ1n) is 9.38. The van der Waals surface area contributed by atoms with Gasteiger partial charge in [0.2, 0.25) is 11.8 Å². The summed E-state index contributed by atoms with van der Waals surface area (Å²) in [7, 11) is -3.74. The monoisotopic (exact) mass is 452 g/mol. The second kappa shape index (κ2) is 10.0. The highest BCUT2D eigenvalue weighted by Crippen LogP contribution is 2.24. The van der Waals surface area contributed by atoms with Gasteiger partial charge in [0, 0.05) is 36.3 Å². The summed E-state index contributed by atoms with van der Waals surface area (Å²) < 4.78 is 33.1. The number of anilines is 2. The Labute approximate surface area is 179 Å². The van der Waals surface area contributed by atoms with E-state index in [1.165, 1.54) is 13.0 Å². The van der Waals surface area contributed by atoms with Crippen LogP contribution in [-0.4, -0.2) is 58.0 Å². The summed E-state index contributed by atoms with van der Waals surface area (Å²) in [4.78, 5) is 25.9. The molecule has 0 atom stereocenters. The third-order valence-corrected chi connectivity index (χ3v) is 7.26. The molecule has 2 aromatic rings. The zero-order valence-corrected chi connectivity index (χ0v) is 18.1. The quantitative estimate of drug-likeness (QED) is 0.558. The van der Waals surface area contributed by atoms with E-state index in [2.05, 4.69) is 15.4 Å². The normalized spacial score (nSPS) is 14.8. The van der Waals surface area contributed by atoms with Gasteiger partial charge >= 0.3 is 0 Å². The standard InChI is InChI=1S/C19H24N4O5S2/c1-14(24)20-12-17-6-7-19(29-17)30(26,27)22-16-4-2-15(3-5-16)21-18(25)13-23-8-10-28-11-9-23/h2-7,22H,8-13H2,1H3,(H,20,24)(H,21,25). The molecular weight excluding hydrogens is 428 g/mol. The van der Waals surface area contributed by atoms with E-state index < -0.39 is 10.0 Å². The van der Waals surface area contributed by atoms with Crippen molar-refractivity contribution in [1.82, 2.24) is 10.2 Å². The van der Waals surface area contributed by atoms with Gasteiger partial charge in [0.15, 0.2) is 0 Å². The molecule has 1 aromatic heterocycles. The molecule has 3 N–H and O–H groups in total. The summed E-state index contributed by atoms with van der Waals surface area (Å²) in [6, 6.07) is 9.64. The van der Waals surface area contributed by atoms with E-state index in [1.807, 2.05) is 4.90 Å². The van der Waals surface area contributed by atoms with E-state index in [9.17, 15) is 18.0 Å². The van der Waals surface area contributed by atoms with Gasteiger partial charge in [0.25, 0.3) is 10.0 Å². The Balaban J connectivity index is 1.55. The zero-order chi connectivity index (χ0) is 21.6. The molecule has 1 aliphatic heterocycles. The molecule has 1 aliphatic rings. The first kappa shape index (κ1) is 22.2. The maximum atomic E-state index is 12.6. The van der Waals surface area contributed by atoms with Crippen molar-refractivity contribution < 1.29 is 22.7 Å². The molecule has 3 rings (SSSR count). The minimum absolute atomic E-state index is 0.129. The summed E-state index contributed by atoms with van der Waals surface area (Å²) in [5, 5.41) is 5.44. The van der Waals surface area contributed by atoms with Crippen LogP contribution in [0.2, 0.25) is 0 Å². The van der Waals surface area contributed by atoms with Crippen LogP contribution in [0.15, 0.2) is 40.6 Å². The number of nitrogens with zero attached hydrogens (tertiary/aromatic N) is 1. The smallest absolute Gasteiger partial charge is 0.271 e. The predicted octanol–water partition coefficient (Wildman–Crippen LogP) is 1.46. The Morgan fingerprint density at radius 2 is 1.73 bits per heavy atom. The van der Waals surface area contributed by atoms with Crippen LogP contribution in [0.3, 0.4) is 0 Å². The van der Waals surface area contributed by atoms with Crippen molar-refractivity contribution in [3.63, 3.8) is 0 Å². The number of carbonyl (C=O) groups is 2. The first-order valence-corrected chi connectivity index (χ1v) is 11.7. The van der Waals surface area contributed by atoms with Gasteiger partial charge in [-0.1, -0.05) is 0 Å². The van der Waals surface area contributed by atoms with Crippen molar-refractivity contribution >= 4 is 44.5 Å². The summed E-state index contributed by atoms with van der Waals surface area (Å²) in [6.45, 7) is 4.68. The van der Waals surface area contributed by atoms with Gasteiger partial charge in [-0.25, -0.2) is 8.42 Å². The fourth-order valence-corrected chi connectivity index (χ4v) is 5.15. The second-order valence-electron chi connectivity index (χ2n) is 6.75. The Hall–Kier alpha value is -2.47. The number of sulfonamides is 1. The number of amides is 2. The number of nitrogens with one attached hydrogen (secondary N) is 3. The minimum atomic E-state index is -3.74. The SMILES string of the molecule is CC(=O)NCc1ccc(S(=O)(=O)Nc2ccc(NC(=O)CN3CCOCC3)cc2)s1. The van der Waals surface area contributed by atoms with E-state index in [1.54, 1.807) is 30.3 Å². The summed E-state index contributed by atoms with van der Waals surface area (Å²) in [5.41, 5.74) is 0.975. The highest BCUT2D eigenvalue weighted by Gasteiger charge is 2.18. The Morgan fingerprint density at radius 3 is 2.40 bits per heavy atom. The van der Waals surface area contributed by atoms with E-state index in [-0.39, 0.29) is 29.1 Å². The van der Waals surface area contributed by atoms with Crippen LogP contribution in [0.1, 0.15) is 11.8 Å². The van der Waals surface area contributed by atoms with Crippen molar-refractivity contribution in [3.8, 4) is 0 Å². The zero-order valence-electron chi connectivity index (χ0n) is 16.5. The van der Waals surface area contributed by atoms with E-state index in [4.69, 9.17) is 4.74 Å². The summed E-state index contributed by atoms with van der Waals surface area (Å²) in [5.74, 6) is -0.307. The molecule has 11 heteroatoms. The molecule has 162 valence electrons. The number of benzene rings is 1. The van der Waals surface area contributed by atoms with E-state index >= 15 is 0 Å². The molecule has 0 aliphatic carbocycles. The van der Waals surface area contributed by atoms with Crippen molar-refractivity contribution in [1.29, 1.82) is 0 Å². The molecule has 0 saturated carbocycles. The van der Waals surface area contributed by atoms with Gasteiger partial charge in [-0.05, 0) is 36.4 Å². The predicted molar refractivity (Wildman–Crippen MR) is 115 cm³/mol. The van der Waals surface area contributed by atoms with Crippen LogP contribution in [-0.2, 0) is 30.9 Å². The molecule has 2 heterocycles. The topological polar surface area (TPSA) is 117 Å². The van der Waals surface area contributed by atoms with Crippen LogP contribution >= 0.6 is 11.3 Å². The molecule has 1 aromatic carbocycles. The molecule has 1 saturated heterocycles. The van der Waals surface area contributed by atoms with Crippen molar-refractivity contribution in [2.45, 2.75) is 17.7 Å². The molecule has 0 radical (unpaired) electrons. The van der Waals surface area contributed by atoms with Crippen LogP contribution in [0, 0.1) is 0 Å². The maximum absolute atomic E-state index is 12.6. The number of morpholine rings is 1. The lowest BCUT2D eigenvalue weighted by molar-refractivity contribution is -0.119. The fraction of sp³-hybridized carbons (Fsp3) is 0.368. The van der Waals surface area contributed by atoms with Crippen LogP contribution < -0.4 is 15.4 Å². The molecule has 2 amide bonds. The van der Waals surface area contributed by atoms with E-state index in [0.717, 1.165) is 29.3 Å². The number of ether oxygens (including phenoxy) is 1. The average Bonchev–Trinajstić information content (AvgIpc) is 3.19. The van der Waals surface area contributed by atoms with Gasteiger partial charge in [-0.15, -0.1) is 11.3 Å². The largest absolute Gasteiger partial charge is 0.379 e. The Morgan fingerprint density at radius 1 is 1.07 bits per heavy atom. The second-order valence-corrected chi connectivity index (χ2v) is 9.83. The Bertz CT molecular complexity index is 983. The lowest BCUT2D eigenvalue weighted by Gasteiger charge is -2.25. The molecule has 0 spiro atoms. The van der Waals surface area contributed by atoms with Crippen LogP contribution in [0.5, 0.6) is 0 Å². The van der Waals surface area contributed by atoms with Gasteiger partial charge in [0.05, 0.1) is 26.3 Å². The molecule has 0 unspecified atom stereocenters. The first-order chi connectivity index (χ1) is 14.3. The number of rotatable bonds is 8. The van der Waals surface area contributed by atoms with E-state index in [0.29, 0.717) is 24.6 Å². The number of hydrogen-bond donors (Lipinski definition) is 3. The molecule has 9 nitrogen and oxygen atoms in total.